The van der Waals surface area contributed by atoms with Crippen molar-refractivity contribution < 1.29 is 9.15 Å². The van der Waals surface area contributed by atoms with Crippen LogP contribution in [0.5, 0.6) is 0 Å². The molecule has 6 nitrogen and oxygen atoms in total. The molecule has 2 saturated heterocycles. The summed E-state index contributed by atoms with van der Waals surface area (Å²) in [5.41, 5.74) is 1.76. The van der Waals surface area contributed by atoms with E-state index < -0.39 is 0 Å². The number of ether oxygens (including phenoxy) is 1. The van der Waals surface area contributed by atoms with Crippen LogP contribution >= 0.6 is 0 Å². The number of hydrogen-bond acceptors (Lipinski definition) is 5. The van der Waals surface area contributed by atoms with Gasteiger partial charge >= 0.3 is 0 Å². The van der Waals surface area contributed by atoms with E-state index in [-0.39, 0.29) is 5.54 Å². The van der Waals surface area contributed by atoms with E-state index in [4.69, 9.17) is 14.3 Å². The molecule has 0 radical (unpaired) electrons. The highest BCUT2D eigenvalue weighted by atomic mass is 16.5. The monoisotopic (exact) mass is 356 g/mol. The Morgan fingerprint density at radius 1 is 1.27 bits per heavy atom. The lowest BCUT2D eigenvalue weighted by molar-refractivity contribution is 0.152. The molecule has 2 aromatic heterocycles. The largest absolute Gasteiger partial charge is 0.472 e. The zero-order valence-corrected chi connectivity index (χ0v) is 15.8. The molecule has 6 heteroatoms. The Morgan fingerprint density at radius 2 is 2.15 bits per heavy atom. The minimum atomic E-state index is 0.123. The molecule has 0 amide bonds. The van der Waals surface area contributed by atoms with Crippen LogP contribution in [0.15, 0.2) is 23.0 Å². The first-order valence-corrected chi connectivity index (χ1v) is 9.87. The topological polar surface area (TPSA) is 56.3 Å². The third kappa shape index (κ3) is 2.57. The van der Waals surface area contributed by atoms with Crippen molar-refractivity contribution in [3.05, 3.63) is 30.0 Å². The van der Waals surface area contributed by atoms with Crippen molar-refractivity contribution in [3.63, 3.8) is 0 Å². The van der Waals surface area contributed by atoms with Gasteiger partial charge in [-0.1, -0.05) is 6.42 Å². The summed E-state index contributed by atoms with van der Waals surface area (Å²) in [4.78, 5) is 2.52. The maximum absolute atomic E-state index is 5.70. The van der Waals surface area contributed by atoms with E-state index in [9.17, 15) is 0 Å². The van der Waals surface area contributed by atoms with Crippen LogP contribution in [-0.2, 0) is 11.2 Å². The number of nitrogens with zero attached hydrogens (tertiary/aromatic N) is 4. The summed E-state index contributed by atoms with van der Waals surface area (Å²) in [7, 11) is 0. The fraction of sp³-hybridized carbons (Fsp3) is 0.700. The summed E-state index contributed by atoms with van der Waals surface area (Å²) in [5.74, 6) is 2.05. The molecule has 0 bridgehead atoms. The quantitative estimate of drug-likeness (QED) is 0.838. The van der Waals surface area contributed by atoms with Gasteiger partial charge in [-0.05, 0) is 56.6 Å². The molecule has 1 unspecified atom stereocenters. The van der Waals surface area contributed by atoms with Gasteiger partial charge in [0, 0.05) is 25.1 Å². The Kier molecular flexibility index (Phi) is 3.68. The molecule has 0 aromatic carbocycles. The lowest BCUT2D eigenvalue weighted by atomic mass is 9.66. The first-order valence-electron chi connectivity index (χ1n) is 9.87. The Morgan fingerprint density at radius 3 is 2.77 bits per heavy atom. The predicted molar refractivity (Wildman–Crippen MR) is 98.3 cm³/mol. The molecule has 0 N–H and O–H groups in total. The van der Waals surface area contributed by atoms with Gasteiger partial charge in [-0.25, -0.2) is 0 Å². The molecule has 1 atom stereocenters. The highest BCUT2D eigenvalue weighted by Gasteiger charge is 2.52. The van der Waals surface area contributed by atoms with Crippen LogP contribution in [0.4, 0.5) is 5.95 Å². The number of rotatable bonds is 4. The fourth-order valence-corrected chi connectivity index (χ4v) is 5.27. The van der Waals surface area contributed by atoms with E-state index in [2.05, 4.69) is 28.4 Å². The minimum absolute atomic E-state index is 0.123. The van der Waals surface area contributed by atoms with E-state index in [1.165, 1.54) is 25.7 Å². The Bertz CT molecular complexity index is 770. The molecular formula is C20H28N4O2. The highest BCUT2D eigenvalue weighted by molar-refractivity contribution is 5.41. The molecule has 3 aliphatic rings. The van der Waals surface area contributed by atoms with Gasteiger partial charge in [0.2, 0.25) is 5.95 Å². The van der Waals surface area contributed by atoms with Crippen LogP contribution in [0, 0.1) is 5.41 Å². The average Bonchev–Trinajstić information content (AvgIpc) is 3.32. The van der Waals surface area contributed by atoms with Crippen molar-refractivity contribution in [1.82, 2.24) is 14.8 Å². The van der Waals surface area contributed by atoms with E-state index in [1.54, 1.807) is 12.5 Å². The van der Waals surface area contributed by atoms with Crippen molar-refractivity contribution in [2.75, 3.05) is 24.7 Å². The van der Waals surface area contributed by atoms with Crippen molar-refractivity contribution in [2.45, 2.75) is 64.0 Å². The second kappa shape index (κ2) is 5.84. The van der Waals surface area contributed by atoms with Crippen molar-refractivity contribution in [3.8, 4) is 0 Å². The summed E-state index contributed by atoms with van der Waals surface area (Å²) in [6.07, 6.45) is 10.6. The molecule has 4 heterocycles. The number of aromatic nitrogens is 3. The van der Waals surface area contributed by atoms with Crippen LogP contribution in [0.2, 0.25) is 0 Å². The van der Waals surface area contributed by atoms with Gasteiger partial charge in [0.1, 0.15) is 5.82 Å². The second-order valence-corrected chi connectivity index (χ2v) is 9.04. The Labute approximate surface area is 154 Å². The zero-order valence-electron chi connectivity index (χ0n) is 15.8. The number of furan rings is 1. The Hall–Kier alpha value is -1.82. The van der Waals surface area contributed by atoms with Gasteiger partial charge in [0.15, 0.2) is 0 Å². The lowest BCUT2D eigenvalue weighted by Gasteiger charge is -2.38. The van der Waals surface area contributed by atoms with Crippen molar-refractivity contribution in [1.29, 1.82) is 0 Å². The maximum Gasteiger partial charge on any atom is 0.228 e. The fourth-order valence-electron chi connectivity index (χ4n) is 5.27. The molecule has 26 heavy (non-hydrogen) atoms. The zero-order chi connectivity index (χ0) is 17.8. The van der Waals surface area contributed by atoms with Crippen molar-refractivity contribution >= 4 is 5.95 Å². The Balaban J connectivity index is 1.52. The van der Waals surface area contributed by atoms with Gasteiger partial charge in [0.25, 0.3) is 0 Å². The summed E-state index contributed by atoms with van der Waals surface area (Å²) in [6, 6.07) is 2.34. The van der Waals surface area contributed by atoms with E-state index in [1.807, 2.05) is 6.07 Å². The minimum Gasteiger partial charge on any atom is -0.472 e. The average molecular weight is 356 g/mol. The van der Waals surface area contributed by atoms with Gasteiger partial charge in [-0.2, -0.15) is 0 Å². The summed E-state index contributed by atoms with van der Waals surface area (Å²) >= 11 is 0. The maximum atomic E-state index is 5.70. The van der Waals surface area contributed by atoms with E-state index in [0.717, 1.165) is 49.9 Å². The van der Waals surface area contributed by atoms with Gasteiger partial charge < -0.3 is 14.1 Å². The molecule has 1 spiro atoms. The van der Waals surface area contributed by atoms with E-state index >= 15 is 0 Å². The number of anilines is 1. The van der Waals surface area contributed by atoms with Crippen LogP contribution in [0.3, 0.4) is 0 Å². The molecule has 1 aliphatic carbocycles. The van der Waals surface area contributed by atoms with Crippen LogP contribution in [0.25, 0.3) is 0 Å². The first-order chi connectivity index (χ1) is 12.6. The third-order valence-electron chi connectivity index (χ3n) is 6.65. The molecule has 2 aromatic rings. The predicted octanol–water partition coefficient (Wildman–Crippen LogP) is 3.58. The number of hydrogen-bond donors (Lipinski definition) is 0. The van der Waals surface area contributed by atoms with Crippen LogP contribution in [-0.4, -0.2) is 40.1 Å². The summed E-state index contributed by atoms with van der Waals surface area (Å²) in [6.45, 7) is 7.40. The molecule has 1 saturated carbocycles. The van der Waals surface area contributed by atoms with Gasteiger partial charge in [-0.3, -0.25) is 4.57 Å². The normalized spacial score (nSPS) is 26.5. The second-order valence-electron chi connectivity index (χ2n) is 9.04. The summed E-state index contributed by atoms with van der Waals surface area (Å²) < 4.78 is 13.3. The van der Waals surface area contributed by atoms with Crippen molar-refractivity contribution in [2.24, 2.45) is 5.41 Å². The molecule has 2 aliphatic heterocycles. The van der Waals surface area contributed by atoms with Gasteiger partial charge in [0.05, 0.1) is 25.2 Å². The molecule has 3 fully saturated rings. The standard InChI is InChI=1S/C20H28N4O2/c1-19(2)13-20(6-3-7-20)14-23(19)18-22-21-17(10-15-4-8-25-11-15)24(18)16-5-9-26-12-16/h4,8,11,16H,3,5-7,9-10,12-14H2,1-2H3. The molecule has 140 valence electrons. The molecule has 5 rings (SSSR count). The van der Waals surface area contributed by atoms with Crippen LogP contribution < -0.4 is 4.90 Å². The highest BCUT2D eigenvalue weighted by Crippen LogP contribution is 2.54. The summed E-state index contributed by atoms with van der Waals surface area (Å²) in [5, 5.41) is 9.31. The lowest BCUT2D eigenvalue weighted by Crippen LogP contribution is -2.41. The molecular weight excluding hydrogens is 328 g/mol. The van der Waals surface area contributed by atoms with Crippen LogP contribution in [0.1, 0.15) is 63.4 Å². The smallest absolute Gasteiger partial charge is 0.228 e. The first kappa shape index (κ1) is 16.4. The van der Waals surface area contributed by atoms with E-state index in [0.29, 0.717) is 11.5 Å². The third-order valence-corrected chi connectivity index (χ3v) is 6.65. The SMILES string of the molecule is CC1(C)CC2(CCC2)CN1c1nnc(Cc2ccoc2)n1C1CCOC1. The van der Waals surface area contributed by atoms with Gasteiger partial charge in [-0.15, -0.1) is 10.2 Å².